The van der Waals surface area contributed by atoms with E-state index in [1.165, 1.54) is 0 Å². The number of carbonyl (C=O) groups is 1. The summed E-state index contributed by atoms with van der Waals surface area (Å²) in [5.74, 6) is 0.657. The number of benzene rings is 1. The Morgan fingerprint density at radius 2 is 2.00 bits per heavy atom. The van der Waals surface area contributed by atoms with Crippen LogP contribution in [0.4, 0.5) is 0 Å². The number of rotatable bonds is 6. The molecular formula is C18H25NO4Si. The summed E-state index contributed by atoms with van der Waals surface area (Å²) in [4.78, 5) is 14.7. The molecule has 0 N–H and O–H groups in total. The monoisotopic (exact) mass is 347 g/mol. The summed E-state index contributed by atoms with van der Waals surface area (Å²) in [6.07, 6.45) is 2.31. The number of carbonyl (C=O) groups excluding carboxylic acids is 1. The van der Waals surface area contributed by atoms with Gasteiger partial charge in [-0.05, 0) is 31.3 Å². The predicted molar refractivity (Wildman–Crippen MR) is 93.6 cm³/mol. The number of fused-ring (bicyclic) bond motifs is 1. The molecule has 5 nitrogen and oxygen atoms in total. The summed E-state index contributed by atoms with van der Waals surface area (Å²) in [7, 11) is -0.0816. The zero-order chi connectivity index (χ0) is 17.4. The fraction of sp³-hybridized carbons (Fsp3) is 0.500. The Labute approximate surface area is 144 Å². The maximum atomic E-state index is 12.7. The number of nitrogens with zero attached hydrogens (tertiary/aromatic N) is 1. The van der Waals surface area contributed by atoms with Crippen LogP contribution in [0.15, 0.2) is 42.2 Å². The Kier molecular flexibility index (Phi) is 4.55. The maximum absolute atomic E-state index is 12.7. The van der Waals surface area contributed by atoms with Crippen LogP contribution >= 0.6 is 0 Å². The molecule has 0 amide bonds. The highest BCUT2D eigenvalue weighted by molar-refractivity contribution is 6.70. The minimum atomic E-state index is -1.73. The molecule has 0 spiro atoms. The van der Waals surface area contributed by atoms with Crippen LogP contribution in [0.3, 0.4) is 0 Å². The molecule has 0 aliphatic carbocycles. The Bertz CT molecular complexity index is 640. The summed E-state index contributed by atoms with van der Waals surface area (Å²) in [6.45, 7) is 7.34. The molecule has 3 atom stereocenters. The van der Waals surface area contributed by atoms with Crippen molar-refractivity contribution in [3.8, 4) is 0 Å². The molecule has 3 rings (SSSR count). The molecule has 1 aromatic carbocycles. The van der Waals surface area contributed by atoms with Gasteiger partial charge in [-0.3, -0.25) is 4.90 Å². The Morgan fingerprint density at radius 1 is 1.29 bits per heavy atom. The molecule has 0 radical (unpaired) electrons. The molecule has 24 heavy (non-hydrogen) atoms. The first kappa shape index (κ1) is 17.2. The van der Waals surface area contributed by atoms with E-state index in [9.17, 15) is 4.79 Å². The maximum Gasteiger partial charge on any atom is 0.328 e. The number of hydrogen-bond donors (Lipinski definition) is 0. The highest BCUT2D eigenvalue weighted by Gasteiger charge is 2.64. The van der Waals surface area contributed by atoms with Crippen molar-refractivity contribution >= 4 is 14.3 Å². The van der Waals surface area contributed by atoms with E-state index in [0.29, 0.717) is 19.6 Å². The molecule has 0 bridgehead atoms. The molecule has 1 unspecified atom stereocenters. The molecule has 130 valence electrons. The molecule has 1 aromatic rings. The highest BCUT2D eigenvalue weighted by Crippen LogP contribution is 2.46. The molecule has 2 aliphatic rings. The minimum absolute atomic E-state index is 0.196. The van der Waals surface area contributed by atoms with Crippen LogP contribution in [-0.4, -0.2) is 44.6 Å². The second-order valence-electron chi connectivity index (χ2n) is 7.37. The second-order valence-corrected chi connectivity index (χ2v) is 11.8. The minimum Gasteiger partial charge on any atom is -0.547 e. The van der Waals surface area contributed by atoms with Crippen LogP contribution in [0.2, 0.25) is 19.6 Å². The lowest BCUT2D eigenvalue weighted by Gasteiger charge is -2.30. The topological polar surface area (TPSA) is 47.8 Å². The lowest BCUT2D eigenvalue weighted by molar-refractivity contribution is -0.151. The van der Waals surface area contributed by atoms with Crippen LogP contribution in [0.1, 0.15) is 12.0 Å². The van der Waals surface area contributed by atoms with Gasteiger partial charge in [-0.1, -0.05) is 30.3 Å². The van der Waals surface area contributed by atoms with Gasteiger partial charge in [0.05, 0.1) is 5.76 Å². The SMILES string of the molecule is CO[C@H]1C=C(O[Si](C)(C)C)C[C@@]2(C(=O)OCc3ccccc3)CN12. The summed E-state index contributed by atoms with van der Waals surface area (Å²) in [5, 5.41) is 0. The van der Waals surface area contributed by atoms with Crippen molar-refractivity contribution in [3.05, 3.63) is 47.7 Å². The fourth-order valence-electron chi connectivity index (χ4n) is 3.10. The number of hydrogen-bond acceptors (Lipinski definition) is 5. The zero-order valence-electron chi connectivity index (χ0n) is 14.7. The van der Waals surface area contributed by atoms with Gasteiger partial charge in [-0.15, -0.1) is 0 Å². The van der Waals surface area contributed by atoms with Crippen molar-refractivity contribution < 1.29 is 18.7 Å². The molecule has 0 saturated carbocycles. The lowest BCUT2D eigenvalue weighted by atomic mass is 10.0. The van der Waals surface area contributed by atoms with Gasteiger partial charge in [0.2, 0.25) is 8.32 Å². The van der Waals surface area contributed by atoms with E-state index in [2.05, 4.69) is 19.6 Å². The molecule has 2 heterocycles. The van der Waals surface area contributed by atoms with E-state index in [0.717, 1.165) is 11.3 Å². The zero-order valence-corrected chi connectivity index (χ0v) is 15.7. The molecule has 2 aliphatic heterocycles. The first-order chi connectivity index (χ1) is 11.3. The first-order valence-corrected chi connectivity index (χ1v) is 11.7. The molecule has 6 heteroatoms. The van der Waals surface area contributed by atoms with Gasteiger partial charge < -0.3 is 13.9 Å². The van der Waals surface area contributed by atoms with Crippen molar-refractivity contribution in [1.29, 1.82) is 0 Å². The van der Waals surface area contributed by atoms with Crippen LogP contribution in [-0.2, 0) is 25.3 Å². The highest BCUT2D eigenvalue weighted by atomic mass is 28.4. The van der Waals surface area contributed by atoms with E-state index >= 15 is 0 Å². The van der Waals surface area contributed by atoms with Gasteiger partial charge in [-0.2, -0.15) is 0 Å². The van der Waals surface area contributed by atoms with Crippen molar-refractivity contribution in [2.75, 3.05) is 13.7 Å². The van der Waals surface area contributed by atoms with Crippen molar-refractivity contribution in [2.24, 2.45) is 0 Å². The van der Waals surface area contributed by atoms with E-state index in [1.807, 2.05) is 41.3 Å². The number of ether oxygens (including phenoxy) is 2. The van der Waals surface area contributed by atoms with Gasteiger partial charge in [-0.25, -0.2) is 4.79 Å². The molecule has 0 aromatic heterocycles. The quantitative estimate of drug-likeness (QED) is 0.450. The predicted octanol–water partition coefficient (Wildman–Crippen LogP) is 2.90. The molecule has 1 fully saturated rings. The summed E-state index contributed by atoms with van der Waals surface area (Å²) >= 11 is 0. The second kappa shape index (κ2) is 6.35. The summed E-state index contributed by atoms with van der Waals surface area (Å²) < 4.78 is 17.2. The largest absolute Gasteiger partial charge is 0.547 e. The Balaban J connectivity index is 1.69. The number of esters is 1. The standard InChI is InChI=1S/C18H25NO4Si/c1-21-16-10-15(23-24(2,3)4)11-18(13-19(16)18)17(20)22-12-14-8-6-5-7-9-14/h5-10,16H,11-13H2,1-4H3/t16-,18-,19?/m0/s1. The average Bonchev–Trinajstić information content (AvgIpc) is 3.27. The van der Waals surface area contributed by atoms with Gasteiger partial charge in [0, 0.05) is 20.1 Å². The van der Waals surface area contributed by atoms with Gasteiger partial charge >= 0.3 is 5.97 Å². The van der Waals surface area contributed by atoms with Gasteiger partial charge in [0.25, 0.3) is 0 Å². The van der Waals surface area contributed by atoms with E-state index in [-0.39, 0.29) is 12.2 Å². The number of methoxy groups -OCH3 is 1. The van der Waals surface area contributed by atoms with Crippen molar-refractivity contribution in [1.82, 2.24) is 4.90 Å². The Morgan fingerprint density at radius 3 is 2.62 bits per heavy atom. The smallest absolute Gasteiger partial charge is 0.328 e. The normalized spacial score (nSPS) is 28.6. The van der Waals surface area contributed by atoms with Crippen LogP contribution in [0, 0.1) is 0 Å². The molecule has 1 saturated heterocycles. The van der Waals surface area contributed by atoms with E-state index in [1.54, 1.807) is 7.11 Å². The first-order valence-electron chi connectivity index (χ1n) is 8.24. The summed E-state index contributed by atoms with van der Waals surface area (Å²) in [5.41, 5.74) is 0.363. The van der Waals surface area contributed by atoms with Crippen molar-refractivity contribution in [2.45, 2.75) is 44.4 Å². The van der Waals surface area contributed by atoms with Gasteiger partial charge in [0.1, 0.15) is 18.4 Å². The van der Waals surface area contributed by atoms with Crippen LogP contribution in [0.25, 0.3) is 0 Å². The fourth-order valence-corrected chi connectivity index (χ4v) is 4.03. The third-order valence-corrected chi connectivity index (χ3v) is 5.13. The summed E-state index contributed by atoms with van der Waals surface area (Å²) in [6, 6.07) is 9.73. The van der Waals surface area contributed by atoms with Crippen LogP contribution in [0.5, 0.6) is 0 Å². The Hall–Kier alpha value is -1.63. The lowest BCUT2D eigenvalue weighted by Crippen LogP contribution is -2.41. The molecular weight excluding hydrogens is 322 g/mol. The third-order valence-electron chi connectivity index (χ3n) is 4.25. The third kappa shape index (κ3) is 3.55. The van der Waals surface area contributed by atoms with Crippen molar-refractivity contribution in [3.63, 3.8) is 0 Å². The van der Waals surface area contributed by atoms with Crippen LogP contribution < -0.4 is 0 Å². The van der Waals surface area contributed by atoms with Gasteiger partial charge in [0.15, 0.2) is 0 Å². The van der Waals surface area contributed by atoms with E-state index in [4.69, 9.17) is 13.9 Å². The van der Waals surface area contributed by atoms with E-state index < -0.39 is 13.9 Å². The average molecular weight is 347 g/mol.